The van der Waals surface area contributed by atoms with Gasteiger partial charge < -0.3 is 20.1 Å². The van der Waals surface area contributed by atoms with Crippen molar-refractivity contribution in [3.8, 4) is 5.75 Å². The van der Waals surface area contributed by atoms with Gasteiger partial charge >= 0.3 is 5.97 Å². The second-order valence-electron chi connectivity index (χ2n) is 6.52. The van der Waals surface area contributed by atoms with Crippen LogP contribution in [0.2, 0.25) is 0 Å². The number of nitrogens with zero attached hydrogens (tertiary/aromatic N) is 2. The third-order valence-corrected chi connectivity index (χ3v) is 4.72. The second kappa shape index (κ2) is 8.60. The van der Waals surface area contributed by atoms with Crippen molar-refractivity contribution in [2.45, 2.75) is 19.9 Å². The third kappa shape index (κ3) is 3.99. The molecule has 0 aliphatic rings. The van der Waals surface area contributed by atoms with Gasteiger partial charge in [0.1, 0.15) is 11.5 Å². The molecule has 0 radical (unpaired) electrons. The topological polar surface area (TPSA) is 107 Å². The molecule has 150 valence electrons. The van der Waals surface area contributed by atoms with E-state index in [4.69, 9.17) is 15.6 Å². The molecule has 29 heavy (non-hydrogen) atoms. The molecule has 0 saturated carbocycles. The van der Waals surface area contributed by atoms with Crippen molar-refractivity contribution in [1.29, 1.82) is 0 Å². The summed E-state index contributed by atoms with van der Waals surface area (Å²) in [7, 11) is 1.51. The number of aromatic nitrogens is 1. The largest absolute Gasteiger partial charge is 0.481 e. The summed E-state index contributed by atoms with van der Waals surface area (Å²) >= 11 is 0. The summed E-state index contributed by atoms with van der Waals surface area (Å²) < 4.78 is 7.64. The highest BCUT2D eigenvalue weighted by molar-refractivity contribution is 6.47. The summed E-state index contributed by atoms with van der Waals surface area (Å²) in [4.78, 5) is 27.3. The number of aliphatic carboxylic acids is 1. The fraction of sp³-hybridized carbons (Fsp3) is 0.227. The Hall–Kier alpha value is -3.61. The van der Waals surface area contributed by atoms with Gasteiger partial charge in [0.15, 0.2) is 6.61 Å². The van der Waals surface area contributed by atoms with Gasteiger partial charge in [-0.1, -0.05) is 43.3 Å². The number of nitrogens with two attached hydrogens (primary N) is 1. The van der Waals surface area contributed by atoms with Crippen molar-refractivity contribution in [3.05, 3.63) is 65.4 Å². The lowest BCUT2D eigenvalue weighted by molar-refractivity contribution is -0.139. The van der Waals surface area contributed by atoms with Gasteiger partial charge in [0.2, 0.25) is 0 Å². The molecular formula is C22H23N3O4. The molecule has 7 nitrogen and oxygen atoms in total. The molecule has 3 aromatic rings. The van der Waals surface area contributed by atoms with Crippen molar-refractivity contribution in [1.82, 2.24) is 4.57 Å². The zero-order valence-corrected chi connectivity index (χ0v) is 16.4. The SMILES string of the molecule is CCc1c(C(=NC)C(N)=O)c2c(OCC(=O)O)cccc2n1Cc1ccccc1. The van der Waals surface area contributed by atoms with Crippen LogP contribution in [0.3, 0.4) is 0 Å². The van der Waals surface area contributed by atoms with Crippen LogP contribution in [0.25, 0.3) is 10.9 Å². The maximum atomic E-state index is 12.1. The third-order valence-electron chi connectivity index (χ3n) is 4.72. The van der Waals surface area contributed by atoms with Gasteiger partial charge in [-0.3, -0.25) is 9.79 Å². The van der Waals surface area contributed by atoms with Crippen molar-refractivity contribution < 1.29 is 19.4 Å². The van der Waals surface area contributed by atoms with Crippen LogP contribution in [0.5, 0.6) is 5.75 Å². The summed E-state index contributed by atoms with van der Waals surface area (Å²) in [5.74, 6) is -1.35. The average molecular weight is 393 g/mol. The van der Waals surface area contributed by atoms with Crippen LogP contribution in [0.15, 0.2) is 53.5 Å². The van der Waals surface area contributed by atoms with Crippen molar-refractivity contribution >= 4 is 28.5 Å². The van der Waals surface area contributed by atoms with Gasteiger partial charge in [0, 0.05) is 24.8 Å². The van der Waals surface area contributed by atoms with E-state index < -0.39 is 18.5 Å². The Balaban J connectivity index is 2.32. The van der Waals surface area contributed by atoms with Gasteiger partial charge in [0.05, 0.1) is 10.9 Å². The van der Waals surface area contributed by atoms with Crippen LogP contribution in [-0.4, -0.2) is 40.9 Å². The number of ether oxygens (including phenoxy) is 1. The molecule has 0 bridgehead atoms. The lowest BCUT2D eigenvalue weighted by Gasteiger charge is -2.11. The first-order valence-electron chi connectivity index (χ1n) is 9.27. The minimum Gasteiger partial charge on any atom is -0.481 e. The van der Waals surface area contributed by atoms with Crippen LogP contribution in [0, 0.1) is 0 Å². The number of hydrogen-bond acceptors (Lipinski definition) is 4. The van der Waals surface area contributed by atoms with Crippen LogP contribution in [0.4, 0.5) is 0 Å². The molecule has 1 heterocycles. The lowest BCUT2D eigenvalue weighted by Crippen LogP contribution is -2.25. The number of carbonyl (C=O) groups excluding carboxylic acids is 1. The van der Waals surface area contributed by atoms with E-state index in [0.717, 1.165) is 16.8 Å². The van der Waals surface area contributed by atoms with Crippen molar-refractivity contribution in [2.75, 3.05) is 13.7 Å². The highest BCUT2D eigenvalue weighted by Crippen LogP contribution is 2.35. The number of carboxylic acids is 1. The molecule has 1 amide bonds. The number of fused-ring (bicyclic) bond motifs is 1. The standard InChI is InChI=1S/C22H23N3O4/c1-3-15-20(21(24-2)22(23)28)19-16(10-7-11-17(19)29-13-18(26)27)25(15)12-14-8-5-4-6-9-14/h4-11H,3,12-13H2,1-2H3,(H2,23,28)(H,26,27). The van der Waals surface area contributed by atoms with E-state index in [9.17, 15) is 9.59 Å². The van der Waals surface area contributed by atoms with E-state index in [2.05, 4.69) is 9.56 Å². The highest BCUT2D eigenvalue weighted by Gasteiger charge is 2.25. The smallest absolute Gasteiger partial charge is 0.341 e. The zero-order chi connectivity index (χ0) is 21.0. The van der Waals surface area contributed by atoms with E-state index in [0.29, 0.717) is 29.7 Å². The minimum absolute atomic E-state index is 0.144. The molecule has 0 spiro atoms. The first-order chi connectivity index (χ1) is 14.0. The maximum Gasteiger partial charge on any atom is 0.341 e. The van der Waals surface area contributed by atoms with Crippen LogP contribution in [-0.2, 0) is 22.6 Å². The zero-order valence-electron chi connectivity index (χ0n) is 16.4. The molecule has 3 N–H and O–H groups in total. The van der Waals surface area contributed by atoms with E-state index in [1.165, 1.54) is 7.05 Å². The fourth-order valence-electron chi connectivity index (χ4n) is 3.59. The summed E-state index contributed by atoms with van der Waals surface area (Å²) in [6.07, 6.45) is 0.627. The summed E-state index contributed by atoms with van der Waals surface area (Å²) in [5.41, 5.74) is 9.15. The number of benzene rings is 2. The Labute approximate surface area is 168 Å². The molecule has 1 aromatic heterocycles. The monoisotopic (exact) mass is 393 g/mol. The Morgan fingerprint density at radius 2 is 1.86 bits per heavy atom. The van der Waals surface area contributed by atoms with Crippen LogP contribution < -0.4 is 10.5 Å². The molecule has 7 heteroatoms. The lowest BCUT2D eigenvalue weighted by atomic mass is 10.0. The van der Waals surface area contributed by atoms with E-state index in [1.54, 1.807) is 12.1 Å². The number of amides is 1. The number of hydrogen-bond donors (Lipinski definition) is 2. The molecule has 3 rings (SSSR count). The Morgan fingerprint density at radius 1 is 1.14 bits per heavy atom. The molecule has 0 saturated heterocycles. The summed E-state index contributed by atoms with van der Waals surface area (Å²) in [6, 6.07) is 15.4. The Kier molecular flexibility index (Phi) is 5.97. The van der Waals surface area contributed by atoms with Crippen LogP contribution >= 0.6 is 0 Å². The van der Waals surface area contributed by atoms with Crippen molar-refractivity contribution in [3.63, 3.8) is 0 Å². The molecule has 0 aliphatic heterocycles. The normalized spacial score (nSPS) is 11.6. The summed E-state index contributed by atoms with van der Waals surface area (Å²) in [5, 5.41) is 9.67. The number of rotatable bonds is 8. The van der Waals surface area contributed by atoms with E-state index in [-0.39, 0.29) is 5.71 Å². The van der Waals surface area contributed by atoms with E-state index in [1.807, 2.05) is 43.3 Å². The fourth-order valence-corrected chi connectivity index (χ4v) is 3.59. The first kappa shape index (κ1) is 20.1. The van der Waals surface area contributed by atoms with Gasteiger partial charge in [-0.05, 0) is 24.1 Å². The Bertz CT molecular complexity index is 1080. The van der Waals surface area contributed by atoms with Gasteiger partial charge in [0.25, 0.3) is 5.91 Å². The second-order valence-corrected chi connectivity index (χ2v) is 6.52. The van der Waals surface area contributed by atoms with E-state index >= 15 is 0 Å². The molecule has 0 unspecified atom stereocenters. The average Bonchev–Trinajstić information content (AvgIpc) is 3.01. The molecular weight excluding hydrogens is 370 g/mol. The molecule has 0 aliphatic carbocycles. The molecule has 0 fully saturated rings. The van der Waals surface area contributed by atoms with Crippen molar-refractivity contribution in [2.24, 2.45) is 10.7 Å². The molecule has 2 aromatic carbocycles. The van der Waals surface area contributed by atoms with Gasteiger partial charge in [-0.2, -0.15) is 0 Å². The number of carbonyl (C=O) groups is 2. The number of carboxylic acid groups (broad SMARTS) is 1. The Morgan fingerprint density at radius 3 is 2.45 bits per heavy atom. The summed E-state index contributed by atoms with van der Waals surface area (Å²) in [6.45, 7) is 2.09. The van der Waals surface area contributed by atoms with Crippen LogP contribution in [0.1, 0.15) is 23.7 Å². The maximum absolute atomic E-state index is 12.1. The van der Waals surface area contributed by atoms with Gasteiger partial charge in [-0.15, -0.1) is 0 Å². The number of aliphatic imine (C=N–C) groups is 1. The number of primary amides is 1. The minimum atomic E-state index is -1.08. The highest BCUT2D eigenvalue weighted by atomic mass is 16.5. The predicted molar refractivity (Wildman–Crippen MR) is 112 cm³/mol. The molecule has 0 atom stereocenters. The van der Waals surface area contributed by atoms with Gasteiger partial charge in [-0.25, -0.2) is 4.79 Å². The first-order valence-corrected chi connectivity index (χ1v) is 9.27. The predicted octanol–water partition coefficient (Wildman–Crippen LogP) is 2.62. The quantitative estimate of drug-likeness (QED) is 0.574.